The molecule has 0 aromatic rings. The topological polar surface area (TPSA) is 35.5 Å². The lowest BCUT2D eigenvalue weighted by atomic mass is 10.9. The Morgan fingerprint density at radius 2 is 2.09 bits per heavy atom. The largest absolute Gasteiger partial charge is 0.331 e. The Hall–Kier alpha value is 0.630. The predicted octanol–water partition coefficient (Wildman–Crippen LogP) is 2.99. The van der Waals surface area contributed by atoms with Crippen LogP contribution in [0.5, 0.6) is 0 Å². The van der Waals surface area contributed by atoms with E-state index in [1.807, 2.05) is 0 Å². The van der Waals surface area contributed by atoms with Gasteiger partial charge in [0.1, 0.15) is 5.01 Å². The van der Waals surface area contributed by atoms with Crippen molar-refractivity contribution in [2.24, 2.45) is 0 Å². The highest BCUT2D eigenvalue weighted by molar-refractivity contribution is 9.09. The van der Waals surface area contributed by atoms with Crippen LogP contribution in [0.25, 0.3) is 0 Å². The molecule has 68 valence electrons. The SMILES string of the molecule is CCOP(=O)(CC)OC(C)Br. The predicted molar refractivity (Wildman–Crippen MR) is 49.2 cm³/mol. The molecule has 0 saturated heterocycles. The summed E-state index contributed by atoms with van der Waals surface area (Å²) < 4.78 is 21.6. The van der Waals surface area contributed by atoms with E-state index in [1.165, 1.54) is 0 Å². The molecule has 2 unspecified atom stereocenters. The van der Waals surface area contributed by atoms with Crippen molar-refractivity contribution in [2.45, 2.75) is 25.8 Å². The van der Waals surface area contributed by atoms with Crippen LogP contribution < -0.4 is 0 Å². The van der Waals surface area contributed by atoms with Gasteiger partial charge in [-0.3, -0.25) is 9.09 Å². The Balaban J connectivity index is 4.00. The number of hydrogen-bond acceptors (Lipinski definition) is 3. The molecule has 0 radical (unpaired) electrons. The molecule has 2 atom stereocenters. The molecule has 0 N–H and O–H groups in total. The third-order valence-electron chi connectivity index (χ3n) is 1.02. The summed E-state index contributed by atoms with van der Waals surface area (Å²) in [6.07, 6.45) is 0.413. The van der Waals surface area contributed by atoms with Gasteiger partial charge in [-0.05, 0) is 13.8 Å². The quantitative estimate of drug-likeness (QED) is 0.551. The minimum atomic E-state index is -2.80. The van der Waals surface area contributed by atoms with Gasteiger partial charge in [0.2, 0.25) is 0 Å². The average molecular weight is 245 g/mol. The molecule has 11 heavy (non-hydrogen) atoms. The van der Waals surface area contributed by atoms with Gasteiger partial charge >= 0.3 is 7.60 Å². The van der Waals surface area contributed by atoms with E-state index < -0.39 is 7.60 Å². The maximum absolute atomic E-state index is 11.5. The first-order valence-electron chi connectivity index (χ1n) is 3.60. The molecule has 0 amide bonds. The molecule has 0 aliphatic rings. The minimum Gasteiger partial charge on any atom is -0.309 e. The van der Waals surface area contributed by atoms with Crippen LogP contribution in [0.2, 0.25) is 0 Å². The van der Waals surface area contributed by atoms with Crippen molar-refractivity contribution >= 4 is 23.5 Å². The summed E-state index contributed by atoms with van der Waals surface area (Å²) >= 11 is 3.15. The second kappa shape index (κ2) is 5.31. The highest BCUT2D eigenvalue weighted by atomic mass is 79.9. The van der Waals surface area contributed by atoms with E-state index >= 15 is 0 Å². The fourth-order valence-corrected chi connectivity index (χ4v) is 2.61. The van der Waals surface area contributed by atoms with Gasteiger partial charge in [-0.2, -0.15) is 0 Å². The molecular weight excluding hydrogens is 231 g/mol. The van der Waals surface area contributed by atoms with Gasteiger partial charge in [0.05, 0.1) is 6.61 Å². The van der Waals surface area contributed by atoms with Crippen molar-refractivity contribution in [2.75, 3.05) is 12.8 Å². The van der Waals surface area contributed by atoms with Crippen LogP contribution in [0, 0.1) is 0 Å². The maximum Gasteiger partial charge on any atom is 0.331 e. The van der Waals surface area contributed by atoms with Crippen molar-refractivity contribution in [1.29, 1.82) is 0 Å². The Morgan fingerprint density at radius 1 is 1.55 bits per heavy atom. The first-order valence-corrected chi connectivity index (χ1v) is 6.24. The Labute approximate surface area is 76.1 Å². The summed E-state index contributed by atoms with van der Waals surface area (Å²) in [6.45, 7) is 5.77. The van der Waals surface area contributed by atoms with Crippen LogP contribution in [-0.2, 0) is 13.6 Å². The summed E-state index contributed by atoms with van der Waals surface area (Å²) in [5.41, 5.74) is 0. The molecular formula is C6H14BrO3P. The summed E-state index contributed by atoms with van der Waals surface area (Å²) in [5, 5.41) is -0.222. The summed E-state index contributed by atoms with van der Waals surface area (Å²) in [6, 6.07) is 0. The van der Waals surface area contributed by atoms with E-state index in [1.54, 1.807) is 20.8 Å². The van der Waals surface area contributed by atoms with Crippen LogP contribution in [0.1, 0.15) is 20.8 Å². The smallest absolute Gasteiger partial charge is 0.309 e. The normalized spacial score (nSPS) is 19.3. The van der Waals surface area contributed by atoms with E-state index in [-0.39, 0.29) is 5.01 Å². The maximum atomic E-state index is 11.5. The van der Waals surface area contributed by atoms with Crippen LogP contribution >= 0.6 is 23.5 Å². The van der Waals surface area contributed by atoms with Crippen LogP contribution in [0.4, 0.5) is 0 Å². The van der Waals surface area contributed by atoms with E-state index in [0.29, 0.717) is 12.8 Å². The Kier molecular flexibility index (Phi) is 5.61. The molecule has 0 rings (SSSR count). The van der Waals surface area contributed by atoms with Gasteiger partial charge in [0.15, 0.2) is 0 Å². The minimum absolute atomic E-state index is 0.222. The van der Waals surface area contributed by atoms with E-state index in [2.05, 4.69) is 15.9 Å². The summed E-state index contributed by atoms with van der Waals surface area (Å²) in [5.74, 6) is 0. The van der Waals surface area contributed by atoms with Crippen molar-refractivity contribution < 1.29 is 13.6 Å². The van der Waals surface area contributed by atoms with Crippen LogP contribution in [0.15, 0.2) is 0 Å². The van der Waals surface area contributed by atoms with Crippen LogP contribution in [0.3, 0.4) is 0 Å². The van der Waals surface area contributed by atoms with Crippen molar-refractivity contribution in [3.05, 3.63) is 0 Å². The van der Waals surface area contributed by atoms with Gasteiger partial charge < -0.3 is 4.52 Å². The number of rotatable bonds is 5. The molecule has 0 aromatic carbocycles. The lowest BCUT2D eigenvalue weighted by Gasteiger charge is -2.17. The summed E-state index contributed by atoms with van der Waals surface area (Å²) in [7, 11) is -2.80. The van der Waals surface area contributed by atoms with E-state index in [9.17, 15) is 4.57 Å². The molecule has 0 aromatic heterocycles. The Bertz CT molecular complexity index is 149. The molecule has 0 fully saturated rings. The monoisotopic (exact) mass is 244 g/mol. The standard InChI is InChI=1S/C6H14BrO3P/c1-4-9-11(8,5-2)10-6(3)7/h6H,4-5H2,1-3H3. The highest BCUT2D eigenvalue weighted by Gasteiger charge is 2.22. The lowest BCUT2D eigenvalue weighted by Crippen LogP contribution is -2.02. The van der Waals surface area contributed by atoms with Crippen molar-refractivity contribution in [3.8, 4) is 0 Å². The van der Waals surface area contributed by atoms with Gasteiger partial charge in [0.25, 0.3) is 0 Å². The fourth-order valence-electron chi connectivity index (χ4n) is 0.614. The van der Waals surface area contributed by atoms with Gasteiger partial charge in [-0.25, -0.2) is 0 Å². The van der Waals surface area contributed by atoms with Gasteiger partial charge in [0, 0.05) is 6.16 Å². The second-order valence-corrected chi connectivity index (χ2v) is 5.61. The molecule has 0 saturated carbocycles. The fraction of sp³-hybridized carbons (Fsp3) is 1.00. The van der Waals surface area contributed by atoms with Crippen molar-refractivity contribution in [1.82, 2.24) is 0 Å². The van der Waals surface area contributed by atoms with Crippen LogP contribution in [-0.4, -0.2) is 17.8 Å². The summed E-state index contributed by atoms with van der Waals surface area (Å²) in [4.78, 5) is 0. The van der Waals surface area contributed by atoms with Gasteiger partial charge in [-0.1, -0.05) is 22.9 Å². The third kappa shape index (κ3) is 4.96. The first kappa shape index (κ1) is 11.6. The highest BCUT2D eigenvalue weighted by Crippen LogP contribution is 2.49. The third-order valence-corrected chi connectivity index (χ3v) is 3.56. The van der Waals surface area contributed by atoms with E-state index in [0.717, 1.165) is 0 Å². The number of alkyl halides is 1. The van der Waals surface area contributed by atoms with Gasteiger partial charge in [-0.15, -0.1) is 0 Å². The Morgan fingerprint density at radius 3 is 2.36 bits per heavy atom. The molecule has 0 spiro atoms. The molecule has 0 aliphatic carbocycles. The molecule has 5 heteroatoms. The molecule has 0 aliphatic heterocycles. The zero-order valence-electron chi connectivity index (χ0n) is 7.04. The lowest BCUT2D eigenvalue weighted by molar-refractivity contribution is 0.210. The molecule has 0 bridgehead atoms. The average Bonchev–Trinajstić information content (AvgIpc) is 1.87. The second-order valence-electron chi connectivity index (χ2n) is 1.99. The zero-order chi connectivity index (χ0) is 8.91. The first-order chi connectivity index (χ1) is 5.04. The zero-order valence-corrected chi connectivity index (χ0v) is 9.52. The van der Waals surface area contributed by atoms with E-state index in [4.69, 9.17) is 9.05 Å². The van der Waals surface area contributed by atoms with Crippen molar-refractivity contribution in [3.63, 3.8) is 0 Å². The molecule has 3 nitrogen and oxygen atoms in total. The molecule has 0 heterocycles. The number of halogens is 1. The number of hydrogen-bond donors (Lipinski definition) is 0.